The summed E-state index contributed by atoms with van der Waals surface area (Å²) in [6.45, 7) is 16.4. The molecule has 3 amide bonds. The van der Waals surface area contributed by atoms with Crippen LogP contribution < -0.4 is 16.0 Å². The fourth-order valence-electron chi connectivity index (χ4n) is 6.54. The number of likely N-dealkylation sites (tertiary alicyclic amines) is 1. The van der Waals surface area contributed by atoms with E-state index in [9.17, 15) is 24.3 Å². The van der Waals surface area contributed by atoms with Crippen molar-refractivity contribution >= 4 is 24.0 Å². The van der Waals surface area contributed by atoms with Gasteiger partial charge in [0.25, 0.3) is 0 Å². The topological polar surface area (TPSA) is 150 Å². The molecule has 1 aromatic rings. The number of nitrogens with one attached hydrogen (secondary N) is 3. The Balaban J connectivity index is 0.00000143. The number of aliphatic hydroxyl groups is 1. The first kappa shape index (κ1) is 49.1. The molecule has 1 saturated heterocycles. The monoisotopic (exact) mass is 736 g/mol. The Morgan fingerprint density at radius 2 is 1.60 bits per heavy atom. The lowest BCUT2D eigenvalue weighted by atomic mass is 9.90. The highest BCUT2D eigenvalue weighted by Crippen LogP contribution is 2.28. The standard InChI is InChI=1S/C27H50N4O6.C10H15NO.C3H8/c1-10-18(4)25(30(7)23(34)15-29-27(35)24(28-6)17(2)3)21(36-8)14-22(33)31-13-11-12-20(31)26(37-9)19(5)16-32;1-8(11-2)10(12)9-6-4-3-5-7-9;1-3-2/h16-21,24-26,28H,10-15H2,1-9H3,(H,29,35);3-8,10-12H,1-2H3;3H2,1-2H3. The van der Waals surface area contributed by atoms with Gasteiger partial charge in [-0.2, -0.15) is 0 Å². The number of methoxy groups -OCH3 is 2. The van der Waals surface area contributed by atoms with E-state index in [-0.39, 0.29) is 78.7 Å². The molecule has 12 heteroatoms. The van der Waals surface area contributed by atoms with Gasteiger partial charge in [0.05, 0.1) is 49.4 Å². The highest BCUT2D eigenvalue weighted by atomic mass is 16.5. The largest absolute Gasteiger partial charge is 0.387 e. The second-order valence-electron chi connectivity index (χ2n) is 14.2. The van der Waals surface area contributed by atoms with Crippen LogP contribution in [-0.2, 0) is 28.7 Å². The summed E-state index contributed by atoms with van der Waals surface area (Å²) < 4.78 is 11.4. The Labute approximate surface area is 315 Å². The van der Waals surface area contributed by atoms with Gasteiger partial charge in [-0.1, -0.05) is 91.6 Å². The Kier molecular flexibility index (Phi) is 25.3. The Bertz CT molecular complexity index is 1140. The molecule has 2 rings (SSSR count). The number of hydrogen-bond donors (Lipinski definition) is 4. The molecular formula is C40H73N5O7. The van der Waals surface area contributed by atoms with Crippen LogP contribution in [0.2, 0.25) is 0 Å². The van der Waals surface area contributed by atoms with Gasteiger partial charge in [0.15, 0.2) is 0 Å². The van der Waals surface area contributed by atoms with E-state index in [4.69, 9.17) is 9.47 Å². The molecule has 1 aromatic carbocycles. The number of carbonyl (C=O) groups excluding carboxylic acids is 4. The maximum absolute atomic E-state index is 13.5. The number of hydrogen-bond acceptors (Lipinski definition) is 9. The molecule has 0 saturated carbocycles. The summed E-state index contributed by atoms with van der Waals surface area (Å²) in [6, 6.07) is 8.83. The van der Waals surface area contributed by atoms with Crippen molar-refractivity contribution < 1.29 is 33.8 Å². The van der Waals surface area contributed by atoms with E-state index >= 15 is 0 Å². The molecule has 0 radical (unpaired) electrons. The molecule has 1 aliphatic rings. The van der Waals surface area contributed by atoms with Crippen molar-refractivity contribution in [3.8, 4) is 0 Å². The molecule has 1 fully saturated rings. The van der Waals surface area contributed by atoms with Crippen molar-refractivity contribution in [3.05, 3.63) is 35.9 Å². The zero-order chi connectivity index (χ0) is 40.0. The molecule has 0 bridgehead atoms. The van der Waals surface area contributed by atoms with Gasteiger partial charge in [0.2, 0.25) is 17.7 Å². The smallest absolute Gasteiger partial charge is 0.242 e. The second-order valence-corrected chi connectivity index (χ2v) is 14.2. The average molecular weight is 736 g/mol. The molecule has 4 N–H and O–H groups in total. The third-order valence-corrected chi connectivity index (χ3v) is 9.87. The maximum Gasteiger partial charge on any atom is 0.242 e. The van der Waals surface area contributed by atoms with Crippen LogP contribution in [0.25, 0.3) is 0 Å². The second kappa shape index (κ2) is 26.8. The van der Waals surface area contributed by atoms with Crippen LogP contribution in [0.15, 0.2) is 30.3 Å². The SMILES string of the molecule is CCC.CCC(C)C(C(CC(=O)N1CCCC1C(OC)C(C)C=O)OC)N(C)C(=O)CNC(=O)C(NC)C(C)C.CNC(C)C(O)c1ccccc1. The van der Waals surface area contributed by atoms with Gasteiger partial charge in [0.1, 0.15) is 6.29 Å². The first-order valence-corrected chi connectivity index (χ1v) is 19.1. The van der Waals surface area contributed by atoms with Gasteiger partial charge in [-0.15, -0.1) is 0 Å². The summed E-state index contributed by atoms with van der Waals surface area (Å²) in [5.41, 5.74) is 0.958. The van der Waals surface area contributed by atoms with Gasteiger partial charge in [0, 0.05) is 39.8 Å². The molecule has 0 aromatic heterocycles. The van der Waals surface area contributed by atoms with Crippen molar-refractivity contribution in [3.63, 3.8) is 0 Å². The van der Waals surface area contributed by atoms with Crippen molar-refractivity contribution in [1.29, 1.82) is 0 Å². The molecule has 0 spiro atoms. The lowest BCUT2D eigenvalue weighted by molar-refractivity contribution is -0.144. The van der Waals surface area contributed by atoms with Crippen LogP contribution in [0.5, 0.6) is 0 Å². The van der Waals surface area contributed by atoms with Gasteiger partial charge >= 0.3 is 0 Å². The minimum absolute atomic E-state index is 0.0549. The lowest BCUT2D eigenvalue weighted by Crippen LogP contribution is -2.55. The normalized spacial score (nSPS) is 18.6. The average Bonchev–Trinajstić information content (AvgIpc) is 3.63. The fourth-order valence-corrected chi connectivity index (χ4v) is 6.54. The van der Waals surface area contributed by atoms with Crippen LogP contribution in [0.3, 0.4) is 0 Å². The molecule has 9 unspecified atom stereocenters. The number of likely N-dealkylation sites (N-methyl/N-ethyl adjacent to an activating group) is 3. The van der Waals surface area contributed by atoms with Crippen LogP contribution in [0.4, 0.5) is 0 Å². The predicted molar refractivity (Wildman–Crippen MR) is 209 cm³/mol. The molecule has 12 nitrogen and oxygen atoms in total. The highest BCUT2D eigenvalue weighted by molar-refractivity contribution is 5.87. The summed E-state index contributed by atoms with van der Waals surface area (Å²) in [5.74, 6) is -0.742. The number of amides is 3. The van der Waals surface area contributed by atoms with Crippen molar-refractivity contribution in [2.45, 2.75) is 130 Å². The van der Waals surface area contributed by atoms with Crippen LogP contribution in [0, 0.1) is 17.8 Å². The summed E-state index contributed by atoms with van der Waals surface area (Å²) in [4.78, 5) is 54.0. The first-order valence-electron chi connectivity index (χ1n) is 19.1. The molecule has 1 heterocycles. The Morgan fingerprint density at radius 1 is 1.00 bits per heavy atom. The zero-order valence-electron chi connectivity index (χ0n) is 34.5. The summed E-state index contributed by atoms with van der Waals surface area (Å²) >= 11 is 0. The van der Waals surface area contributed by atoms with Crippen LogP contribution >= 0.6 is 0 Å². The number of carbonyl (C=O) groups is 4. The molecule has 300 valence electrons. The highest BCUT2D eigenvalue weighted by Gasteiger charge is 2.40. The molecule has 52 heavy (non-hydrogen) atoms. The van der Waals surface area contributed by atoms with Crippen molar-refractivity contribution in [2.24, 2.45) is 17.8 Å². The van der Waals surface area contributed by atoms with Crippen LogP contribution in [0.1, 0.15) is 99.2 Å². The van der Waals surface area contributed by atoms with Crippen molar-refractivity contribution in [1.82, 2.24) is 25.8 Å². The van der Waals surface area contributed by atoms with E-state index < -0.39 is 12.2 Å². The number of aldehydes is 1. The molecule has 0 aliphatic carbocycles. The third kappa shape index (κ3) is 15.6. The minimum Gasteiger partial charge on any atom is -0.387 e. The number of ether oxygens (including phenoxy) is 2. The summed E-state index contributed by atoms with van der Waals surface area (Å²) in [6.07, 6.45) is 3.31. The van der Waals surface area contributed by atoms with Gasteiger partial charge in [-0.25, -0.2) is 0 Å². The maximum atomic E-state index is 13.5. The number of nitrogens with zero attached hydrogens (tertiary/aromatic N) is 2. The van der Waals surface area contributed by atoms with E-state index in [2.05, 4.69) is 29.8 Å². The van der Waals surface area contributed by atoms with E-state index in [1.165, 1.54) is 6.42 Å². The van der Waals surface area contributed by atoms with Crippen molar-refractivity contribution in [2.75, 3.05) is 48.5 Å². The predicted octanol–water partition coefficient (Wildman–Crippen LogP) is 4.21. The van der Waals surface area contributed by atoms with Gasteiger partial charge in [-0.05, 0) is 51.3 Å². The minimum atomic E-state index is -0.529. The van der Waals surface area contributed by atoms with Crippen LogP contribution in [-0.4, -0.2) is 124 Å². The third-order valence-electron chi connectivity index (χ3n) is 9.87. The molecule has 1 aliphatic heterocycles. The molecular weight excluding hydrogens is 662 g/mol. The summed E-state index contributed by atoms with van der Waals surface area (Å²) in [5, 5.41) is 18.5. The van der Waals surface area contributed by atoms with E-state index in [0.29, 0.717) is 6.54 Å². The fraction of sp³-hybridized carbons (Fsp3) is 0.750. The lowest BCUT2D eigenvalue weighted by Gasteiger charge is -2.39. The van der Waals surface area contributed by atoms with E-state index in [1.54, 1.807) is 45.0 Å². The van der Waals surface area contributed by atoms with Gasteiger partial charge in [-0.3, -0.25) is 14.4 Å². The Hall–Kier alpha value is -2.90. The first-order chi connectivity index (χ1) is 24.6. The number of benzene rings is 1. The number of rotatable bonds is 19. The zero-order valence-corrected chi connectivity index (χ0v) is 34.5. The Morgan fingerprint density at radius 3 is 2.06 bits per heavy atom. The molecule has 9 atom stereocenters. The quantitative estimate of drug-likeness (QED) is 0.153. The summed E-state index contributed by atoms with van der Waals surface area (Å²) in [7, 11) is 8.39. The van der Waals surface area contributed by atoms with Gasteiger partial charge < -0.3 is 45.1 Å². The number of aliphatic hydroxyl groups excluding tert-OH is 1. The van der Waals surface area contributed by atoms with E-state index in [0.717, 1.165) is 31.1 Å². The van der Waals surface area contributed by atoms with E-state index in [1.807, 2.05) is 72.0 Å².